The molecule has 2 N–H and O–H groups in total. The smallest absolute Gasteiger partial charge is 0.271 e. The highest BCUT2D eigenvalue weighted by molar-refractivity contribution is 6.42. The minimum Gasteiger partial charge on any atom is -0.507 e. The number of carbonyl (C=O) groups excluding carboxylic acids is 1. The average molecular weight is 446 g/mol. The SMILES string of the molecule is Cn1ncc2c1-c1ccccc1OC21CCN(C(=O)C(=N)/C=C(\O)c2ccc(F)cc2)CC1. The summed E-state index contributed by atoms with van der Waals surface area (Å²) in [6, 6.07) is 13.1. The van der Waals surface area contributed by atoms with Gasteiger partial charge in [-0.3, -0.25) is 14.9 Å². The summed E-state index contributed by atoms with van der Waals surface area (Å²) in [6.45, 7) is 0.811. The molecule has 1 fully saturated rings. The van der Waals surface area contributed by atoms with Gasteiger partial charge >= 0.3 is 0 Å². The summed E-state index contributed by atoms with van der Waals surface area (Å²) in [7, 11) is 1.91. The van der Waals surface area contributed by atoms with Gasteiger partial charge in [0.1, 0.15) is 28.6 Å². The van der Waals surface area contributed by atoms with Crippen molar-refractivity contribution >= 4 is 17.4 Å². The van der Waals surface area contributed by atoms with E-state index in [1.807, 2.05) is 42.2 Å². The summed E-state index contributed by atoms with van der Waals surface area (Å²) in [5.41, 5.74) is 2.47. The number of rotatable bonds is 3. The number of piperidine rings is 1. The minimum absolute atomic E-state index is 0.256. The fourth-order valence-corrected chi connectivity index (χ4v) is 4.62. The van der Waals surface area contributed by atoms with Crippen LogP contribution in [0.25, 0.3) is 17.0 Å². The topological polar surface area (TPSA) is 91.4 Å². The number of carbonyl (C=O) groups is 1. The van der Waals surface area contributed by atoms with Gasteiger partial charge < -0.3 is 14.7 Å². The molecule has 2 aliphatic rings. The number of nitrogens with one attached hydrogen (secondary N) is 1. The van der Waals surface area contributed by atoms with Crippen molar-refractivity contribution in [2.45, 2.75) is 18.4 Å². The molecule has 0 bridgehead atoms. The zero-order valence-electron chi connectivity index (χ0n) is 18.1. The van der Waals surface area contributed by atoms with E-state index in [-0.39, 0.29) is 11.5 Å². The van der Waals surface area contributed by atoms with Crippen LogP contribution in [0.3, 0.4) is 0 Å². The normalized spacial score (nSPS) is 16.7. The highest BCUT2D eigenvalue weighted by Crippen LogP contribution is 2.49. The maximum absolute atomic E-state index is 13.1. The summed E-state index contributed by atoms with van der Waals surface area (Å²) in [4.78, 5) is 14.5. The van der Waals surface area contributed by atoms with Crippen LogP contribution < -0.4 is 4.74 Å². The van der Waals surface area contributed by atoms with Crippen LogP contribution in [0, 0.1) is 11.2 Å². The first kappa shape index (κ1) is 20.9. The molecule has 3 aromatic rings. The van der Waals surface area contributed by atoms with Gasteiger partial charge in [0.05, 0.1) is 11.9 Å². The molecule has 8 heteroatoms. The molecule has 1 aromatic heterocycles. The van der Waals surface area contributed by atoms with Crippen molar-refractivity contribution < 1.29 is 19.0 Å². The predicted molar refractivity (Wildman–Crippen MR) is 121 cm³/mol. The molecule has 5 rings (SSSR count). The number of hydrogen-bond donors (Lipinski definition) is 2. The van der Waals surface area contributed by atoms with Crippen molar-refractivity contribution in [1.29, 1.82) is 5.41 Å². The lowest BCUT2D eigenvalue weighted by atomic mass is 9.81. The van der Waals surface area contributed by atoms with Crippen molar-refractivity contribution in [2.75, 3.05) is 13.1 Å². The molecule has 33 heavy (non-hydrogen) atoms. The summed E-state index contributed by atoms with van der Waals surface area (Å²) in [5.74, 6) is -0.354. The van der Waals surface area contributed by atoms with Crippen LogP contribution >= 0.6 is 0 Å². The highest BCUT2D eigenvalue weighted by atomic mass is 19.1. The number of para-hydroxylation sites is 1. The largest absolute Gasteiger partial charge is 0.507 e. The molecule has 0 aliphatic carbocycles. The number of hydrogen-bond acceptors (Lipinski definition) is 5. The number of amides is 1. The van der Waals surface area contributed by atoms with Crippen molar-refractivity contribution in [1.82, 2.24) is 14.7 Å². The van der Waals surface area contributed by atoms with Crippen molar-refractivity contribution in [3.05, 3.63) is 77.7 Å². The minimum atomic E-state index is -0.580. The Balaban J connectivity index is 1.33. The molecule has 1 spiro atoms. The second kappa shape index (κ2) is 7.88. The van der Waals surface area contributed by atoms with Crippen LogP contribution in [0.5, 0.6) is 5.75 Å². The van der Waals surface area contributed by atoms with E-state index in [0.29, 0.717) is 31.5 Å². The Morgan fingerprint density at radius 1 is 1.18 bits per heavy atom. The third-order valence-corrected chi connectivity index (χ3v) is 6.39. The Bertz CT molecular complexity index is 1270. The number of aromatic nitrogens is 2. The number of ether oxygens (including phenoxy) is 1. The average Bonchev–Trinajstić information content (AvgIpc) is 3.22. The third kappa shape index (κ3) is 3.57. The Morgan fingerprint density at radius 3 is 2.61 bits per heavy atom. The first-order valence-electron chi connectivity index (χ1n) is 10.7. The quantitative estimate of drug-likeness (QED) is 0.469. The summed E-state index contributed by atoms with van der Waals surface area (Å²) < 4.78 is 21.4. The van der Waals surface area contributed by atoms with Crippen LogP contribution in [-0.4, -0.2) is 44.5 Å². The van der Waals surface area contributed by atoms with E-state index in [4.69, 9.17) is 10.1 Å². The van der Waals surface area contributed by atoms with Crippen LogP contribution in [0.15, 0.2) is 60.8 Å². The number of aliphatic hydroxyl groups excluding tert-OH is 1. The van der Waals surface area contributed by atoms with Crippen molar-refractivity contribution in [3.63, 3.8) is 0 Å². The van der Waals surface area contributed by atoms with Crippen molar-refractivity contribution in [3.8, 4) is 17.0 Å². The third-order valence-electron chi connectivity index (χ3n) is 6.39. The fourth-order valence-electron chi connectivity index (χ4n) is 4.62. The molecule has 0 radical (unpaired) electrons. The number of likely N-dealkylation sites (tertiary alicyclic amines) is 1. The molecule has 1 saturated heterocycles. The molecule has 7 nitrogen and oxygen atoms in total. The van der Waals surface area contributed by atoms with Crippen molar-refractivity contribution in [2.24, 2.45) is 7.05 Å². The van der Waals surface area contributed by atoms with Gasteiger partial charge in [-0.05, 0) is 36.4 Å². The van der Waals surface area contributed by atoms with Crippen LogP contribution in [0.1, 0.15) is 24.0 Å². The lowest BCUT2D eigenvalue weighted by Crippen LogP contribution is -2.50. The van der Waals surface area contributed by atoms with Gasteiger partial charge in [-0.15, -0.1) is 0 Å². The first-order chi connectivity index (χ1) is 15.9. The van der Waals surface area contributed by atoms with Gasteiger partial charge in [0.25, 0.3) is 5.91 Å². The summed E-state index contributed by atoms with van der Waals surface area (Å²) >= 11 is 0. The fraction of sp³-hybridized carbons (Fsp3) is 0.240. The number of aryl methyl sites for hydroxylation is 1. The molecule has 1 amide bonds. The number of fused-ring (bicyclic) bond motifs is 4. The Labute approximate surface area is 190 Å². The first-order valence-corrected chi connectivity index (χ1v) is 10.7. The zero-order chi connectivity index (χ0) is 23.2. The number of benzene rings is 2. The lowest BCUT2D eigenvalue weighted by molar-refractivity contribution is -0.127. The maximum atomic E-state index is 13.1. The second-order valence-corrected chi connectivity index (χ2v) is 8.37. The molecule has 0 atom stereocenters. The number of nitrogens with zero attached hydrogens (tertiary/aromatic N) is 3. The van der Waals surface area contributed by atoms with E-state index >= 15 is 0 Å². The van der Waals surface area contributed by atoms with Crippen LogP contribution in [0.4, 0.5) is 4.39 Å². The zero-order valence-corrected chi connectivity index (χ0v) is 18.1. The van der Waals surface area contributed by atoms with E-state index in [2.05, 4.69) is 5.10 Å². The second-order valence-electron chi connectivity index (χ2n) is 8.37. The van der Waals surface area contributed by atoms with Crippen LogP contribution in [-0.2, 0) is 17.4 Å². The van der Waals surface area contributed by atoms with E-state index in [9.17, 15) is 14.3 Å². The standard InChI is InChI=1S/C25H23FN4O3/c1-29-23-18-4-2-3-5-22(18)33-25(19(23)15-28-29)10-12-30(13-11-25)24(32)20(27)14-21(31)16-6-8-17(26)9-7-16/h2-9,14-15,27,31H,10-13H2,1H3/b21-14-,27-20?. The highest BCUT2D eigenvalue weighted by Gasteiger charge is 2.46. The molecule has 0 saturated carbocycles. The Hall–Kier alpha value is -3.94. The number of aliphatic hydroxyl groups is 1. The number of halogens is 1. The van der Waals surface area contributed by atoms with Gasteiger partial charge in [0.2, 0.25) is 0 Å². The molecule has 2 aliphatic heterocycles. The molecule has 0 unspecified atom stereocenters. The van der Waals surface area contributed by atoms with Gasteiger partial charge in [0, 0.05) is 55.7 Å². The summed E-state index contributed by atoms with van der Waals surface area (Å²) in [6.07, 6.45) is 4.07. The molecular weight excluding hydrogens is 423 g/mol. The monoisotopic (exact) mass is 446 g/mol. The van der Waals surface area contributed by atoms with Gasteiger partial charge in [-0.25, -0.2) is 4.39 Å². The molecular formula is C25H23FN4O3. The van der Waals surface area contributed by atoms with E-state index in [1.54, 1.807) is 4.90 Å². The predicted octanol–water partition coefficient (Wildman–Crippen LogP) is 4.06. The molecule has 2 aromatic carbocycles. The van der Waals surface area contributed by atoms with Crippen LogP contribution in [0.2, 0.25) is 0 Å². The maximum Gasteiger partial charge on any atom is 0.271 e. The van der Waals surface area contributed by atoms with E-state index in [0.717, 1.165) is 28.6 Å². The van der Waals surface area contributed by atoms with E-state index in [1.165, 1.54) is 24.3 Å². The summed E-state index contributed by atoms with van der Waals surface area (Å²) in [5, 5.41) is 22.8. The molecule has 3 heterocycles. The Morgan fingerprint density at radius 2 is 1.88 bits per heavy atom. The van der Waals surface area contributed by atoms with Gasteiger partial charge in [0.15, 0.2) is 0 Å². The van der Waals surface area contributed by atoms with Gasteiger partial charge in [-0.1, -0.05) is 12.1 Å². The Kier molecular flexibility index (Phi) is 5.00. The van der Waals surface area contributed by atoms with Gasteiger partial charge in [-0.2, -0.15) is 5.10 Å². The molecule has 168 valence electrons. The van der Waals surface area contributed by atoms with E-state index < -0.39 is 17.3 Å². The lowest BCUT2D eigenvalue weighted by Gasteiger charge is -2.44.